The molecule has 1 saturated carbocycles. The summed E-state index contributed by atoms with van der Waals surface area (Å²) in [4.78, 5) is 11.8. The summed E-state index contributed by atoms with van der Waals surface area (Å²) in [5.41, 5.74) is 3.63. The van der Waals surface area contributed by atoms with Crippen LogP contribution in [-0.4, -0.2) is 16.6 Å². The number of carbonyl (C=O) groups is 1. The van der Waals surface area contributed by atoms with E-state index >= 15 is 0 Å². The Morgan fingerprint density at radius 3 is 2.42 bits per heavy atom. The maximum atomic E-state index is 13.1. The van der Waals surface area contributed by atoms with Gasteiger partial charge in [-0.1, -0.05) is 31.4 Å². The summed E-state index contributed by atoms with van der Waals surface area (Å²) >= 11 is 0. The van der Waals surface area contributed by atoms with Crippen molar-refractivity contribution >= 4 is 5.97 Å². The molecule has 5 heteroatoms. The minimum Gasteiger partial charge on any atom is -0.545 e. The SMILES string of the molecule is Cc1c(CNC2CCCCC2)c(C(=O)[O-])c(C)n1Cc1ccc(F)cc1. The van der Waals surface area contributed by atoms with Gasteiger partial charge >= 0.3 is 0 Å². The first-order valence-electron chi connectivity index (χ1n) is 9.35. The van der Waals surface area contributed by atoms with Gasteiger partial charge in [0.15, 0.2) is 0 Å². The van der Waals surface area contributed by atoms with Crippen molar-refractivity contribution in [3.05, 3.63) is 58.2 Å². The number of rotatable bonds is 6. The zero-order valence-electron chi connectivity index (χ0n) is 15.5. The molecule has 1 aliphatic carbocycles. The van der Waals surface area contributed by atoms with E-state index in [0.29, 0.717) is 24.8 Å². The maximum Gasteiger partial charge on any atom is 0.123 e. The summed E-state index contributed by atoms with van der Waals surface area (Å²) in [6.45, 7) is 4.81. The van der Waals surface area contributed by atoms with Crippen molar-refractivity contribution in [1.82, 2.24) is 9.88 Å². The molecule has 0 amide bonds. The number of hydrogen-bond acceptors (Lipinski definition) is 3. The van der Waals surface area contributed by atoms with Crippen LogP contribution in [0.25, 0.3) is 0 Å². The Bertz CT molecular complexity index is 774. The lowest BCUT2D eigenvalue weighted by molar-refractivity contribution is -0.255. The summed E-state index contributed by atoms with van der Waals surface area (Å²) < 4.78 is 15.1. The molecule has 1 fully saturated rings. The van der Waals surface area contributed by atoms with Gasteiger partial charge in [0.25, 0.3) is 0 Å². The number of aromatic nitrogens is 1. The van der Waals surface area contributed by atoms with Gasteiger partial charge in [-0.05, 0) is 49.9 Å². The molecule has 0 bridgehead atoms. The van der Waals surface area contributed by atoms with Gasteiger partial charge in [-0.3, -0.25) is 0 Å². The molecule has 0 unspecified atom stereocenters. The zero-order valence-corrected chi connectivity index (χ0v) is 15.5. The van der Waals surface area contributed by atoms with Crippen LogP contribution >= 0.6 is 0 Å². The van der Waals surface area contributed by atoms with Gasteiger partial charge < -0.3 is 19.8 Å². The Labute approximate surface area is 154 Å². The van der Waals surface area contributed by atoms with Crippen molar-refractivity contribution in [3.8, 4) is 0 Å². The quantitative estimate of drug-likeness (QED) is 0.864. The third-order valence-corrected chi connectivity index (χ3v) is 5.54. The number of aromatic carboxylic acids is 1. The lowest BCUT2D eigenvalue weighted by Crippen LogP contribution is -2.32. The van der Waals surface area contributed by atoms with Crippen molar-refractivity contribution in [3.63, 3.8) is 0 Å². The highest BCUT2D eigenvalue weighted by molar-refractivity contribution is 5.89. The summed E-state index contributed by atoms with van der Waals surface area (Å²) in [6, 6.07) is 6.77. The largest absolute Gasteiger partial charge is 0.545 e. The van der Waals surface area contributed by atoms with Gasteiger partial charge in [0, 0.05) is 36.1 Å². The van der Waals surface area contributed by atoms with Crippen LogP contribution in [0.15, 0.2) is 24.3 Å². The van der Waals surface area contributed by atoms with E-state index in [1.165, 1.54) is 31.4 Å². The third-order valence-electron chi connectivity index (χ3n) is 5.54. The summed E-state index contributed by atoms with van der Waals surface area (Å²) in [5.74, 6) is -1.41. The standard InChI is InChI=1S/C21H27FN2O2/c1-14-19(12-23-18-6-4-3-5-7-18)20(21(25)26)15(2)24(14)13-16-8-10-17(22)11-9-16/h8-11,18,23H,3-7,12-13H2,1-2H3,(H,25,26)/p-1. The van der Waals surface area contributed by atoms with E-state index < -0.39 is 5.97 Å². The van der Waals surface area contributed by atoms with Crippen LogP contribution in [0.3, 0.4) is 0 Å². The molecule has 1 aromatic carbocycles. The monoisotopic (exact) mass is 357 g/mol. The summed E-state index contributed by atoms with van der Waals surface area (Å²) in [5, 5.41) is 15.3. The second-order valence-electron chi connectivity index (χ2n) is 7.24. The highest BCUT2D eigenvalue weighted by atomic mass is 19.1. The lowest BCUT2D eigenvalue weighted by Gasteiger charge is -2.23. The van der Waals surface area contributed by atoms with Crippen LogP contribution in [-0.2, 0) is 13.1 Å². The van der Waals surface area contributed by atoms with Crippen molar-refractivity contribution in [2.75, 3.05) is 0 Å². The Kier molecular flexibility index (Phi) is 5.77. The van der Waals surface area contributed by atoms with Crippen LogP contribution < -0.4 is 10.4 Å². The third kappa shape index (κ3) is 3.98. The van der Waals surface area contributed by atoms with Gasteiger partial charge in [-0.25, -0.2) is 4.39 Å². The number of carbonyl (C=O) groups excluding carboxylic acids is 1. The van der Waals surface area contributed by atoms with Crippen LogP contribution in [0.5, 0.6) is 0 Å². The van der Waals surface area contributed by atoms with Gasteiger partial charge in [0.2, 0.25) is 0 Å². The van der Waals surface area contributed by atoms with Crippen LogP contribution in [0, 0.1) is 19.7 Å². The number of benzene rings is 1. The summed E-state index contributed by atoms with van der Waals surface area (Å²) in [7, 11) is 0. The molecule has 1 N–H and O–H groups in total. The summed E-state index contributed by atoms with van der Waals surface area (Å²) in [6.07, 6.45) is 6.04. The fourth-order valence-electron chi connectivity index (χ4n) is 4.00. The molecule has 1 aromatic heterocycles. The highest BCUT2D eigenvalue weighted by Crippen LogP contribution is 2.25. The fourth-order valence-corrected chi connectivity index (χ4v) is 4.00. The first-order valence-corrected chi connectivity index (χ1v) is 9.35. The molecule has 0 aliphatic heterocycles. The van der Waals surface area contributed by atoms with Crippen molar-refractivity contribution < 1.29 is 14.3 Å². The Morgan fingerprint density at radius 1 is 1.15 bits per heavy atom. The number of nitrogens with one attached hydrogen (secondary N) is 1. The molecule has 0 spiro atoms. The van der Waals surface area contributed by atoms with Crippen molar-refractivity contribution in [1.29, 1.82) is 0 Å². The molecular weight excluding hydrogens is 331 g/mol. The van der Waals surface area contributed by atoms with Crippen LogP contribution in [0.2, 0.25) is 0 Å². The maximum absolute atomic E-state index is 13.1. The normalized spacial score (nSPS) is 15.3. The first kappa shape index (κ1) is 18.6. The molecule has 4 nitrogen and oxygen atoms in total. The number of halogens is 1. The molecule has 0 atom stereocenters. The Hall–Kier alpha value is -2.14. The molecule has 140 valence electrons. The van der Waals surface area contributed by atoms with Gasteiger partial charge in [0.05, 0.1) is 5.97 Å². The Balaban J connectivity index is 1.85. The van der Waals surface area contributed by atoms with E-state index in [9.17, 15) is 14.3 Å². The average Bonchev–Trinajstić information content (AvgIpc) is 2.87. The molecule has 1 heterocycles. The smallest absolute Gasteiger partial charge is 0.123 e. The molecule has 2 aromatic rings. The number of carboxylic acid groups (broad SMARTS) is 1. The van der Waals surface area contributed by atoms with Gasteiger partial charge in [-0.2, -0.15) is 0 Å². The molecule has 1 aliphatic rings. The zero-order chi connectivity index (χ0) is 18.7. The number of carboxylic acids is 1. The second kappa shape index (κ2) is 8.04. The average molecular weight is 357 g/mol. The van der Waals surface area contributed by atoms with Gasteiger partial charge in [0.1, 0.15) is 5.82 Å². The van der Waals surface area contributed by atoms with E-state index in [2.05, 4.69) is 5.32 Å². The van der Waals surface area contributed by atoms with Crippen LogP contribution in [0.1, 0.15) is 65.0 Å². The van der Waals surface area contributed by atoms with E-state index in [1.807, 2.05) is 18.4 Å². The van der Waals surface area contributed by atoms with E-state index in [-0.39, 0.29) is 11.4 Å². The predicted octanol–water partition coefficient (Wildman–Crippen LogP) is 3.08. The second-order valence-corrected chi connectivity index (χ2v) is 7.24. The number of hydrogen-bond donors (Lipinski definition) is 1. The van der Waals surface area contributed by atoms with E-state index in [1.54, 1.807) is 12.1 Å². The van der Waals surface area contributed by atoms with Gasteiger partial charge in [-0.15, -0.1) is 0 Å². The predicted molar refractivity (Wildman–Crippen MR) is 97.5 cm³/mol. The molecule has 0 radical (unpaired) electrons. The minimum atomic E-state index is -1.14. The molecule has 26 heavy (non-hydrogen) atoms. The number of nitrogens with zero attached hydrogens (tertiary/aromatic N) is 1. The fraction of sp³-hybridized carbons (Fsp3) is 0.476. The molecular formula is C21H26FN2O2-. The van der Waals surface area contributed by atoms with Crippen molar-refractivity contribution in [2.45, 2.75) is 65.1 Å². The Morgan fingerprint density at radius 2 is 1.81 bits per heavy atom. The van der Waals surface area contributed by atoms with Crippen molar-refractivity contribution in [2.24, 2.45) is 0 Å². The minimum absolute atomic E-state index is 0.275. The first-order chi connectivity index (χ1) is 12.5. The topological polar surface area (TPSA) is 57.1 Å². The highest BCUT2D eigenvalue weighted by Gasteiger charge is 2.20. The van der Waals surface area contributed by atoms with Crippen LogP contribution in [0.4, 0.5) is 4.39 Å². The molecule has 3 rings (SSSR count). The van der Waals surface area contributed by atoms with E-state index in [4.69, 9.17) is 0 Å². The lowest BCUT2D eigenvalue weighted by atomic mass is 9.95. The van der Waals surface area contributed by atoms with E-state index in [0.717, 1.165) is 29.7 Å². The molecule has 0 saturated heterocycles.